The molecule has 0 amide bonds. The predicted octanol–water partition coefficient (Wildman–Crippen LogP) is 3.12. The Kier molecular flexibility index (Phi) is 4.71. The summed E-state index contributed by atoms with van der Waals surface area (Å²) >= 11 is 3.31. The predicted molar refractivity (Wildman–Crippen MR) is 75.3 cm³/mol. The first-order chi connectivity index (χ1) is 9.11. The molecule has 1 aliphatic heterocycles. The summed E-state index contributed by atoms with van der Waals surface area (Å²) < 4.78 is 6.26. The summed E-state index contributed by atoms with van der Waals surface area (Å²) in [7, 11) is 0. The lowest BCUT2D eigenvalue weighted by Crippen LogP contribution is -2.32. The summed E-state index contributed by atoms with van der Waals surface area (Å²) in [4.78, 5) is 14.3. The van der Waals surface area contributed by atoms with Gasteiger partial charge in [0, 0.05) is 12.7 Å². The molecule has 1 fully saturated rings. The van der Waals surface area contributed by atoms with E-state index in [1.807, 2.05) is 0 Å². The Morgan fingerprint density at radius 1 is 1.74 bits per heavy atom. The molecule has 2 unspecified atom stereocenters. The van der Waals surface area contributed by atoms with Crippen molar-refractivity contribution in [3.05, 3.63) is 26.9 Å². The molecule has 1 aliphatic rings. The van der Waals surface area contributed by atoms with Crippen molar-refractivity contribution in [2.45, 2.75) is 38.3 Å². The van der Waals surface area contributed by atoms with Gasteiger partial charge >= 0.3 is 0 Å². The molecular formula is C12H16BrN3O3. The van der Waals surface area contributed by atoms with Crippen LogP contribution in [0.1, 0.15) is 26.2 Å². The maximum Gasteiger partial charge on any atom is 0.288 e. The molecule has 0 spiro atoms. The number of nitro groups is 1. The van der Waals surface area contributed by atoms with Gasteiger partial charge in [0.05, 0.1) is 21.5 Å². The van der Waals surface area contributed by atoms with Crippen molar-refractivity contribution in [1.82, 2.24) is 4.98 Å². The molecule has 2 rings (SSSR count). The zero-order chi connectivity index (χ0) is 13.8. The van der Waals surface area contributed by atoms with Crippen LogP contribution in [0, 0.1) is 10.1 Å². The number of nitrogens with one attached hydrogen (secondary N) is 1. The van der Waals surface area contributed by atoms with Gasteiger partial charge in [-0.3, -0.25) is 10.1 Å². The van der Waals surface area contributed by atoms with Crippen LogP contribution in [-0.4, -0.2) is 28.7 Å². The Balaban J connectivity index is 2.10. The van der Waals surface area contributed by atoms with Crippen molar-refractivity contribution >= 4 is 27.4 Å². The summed E-state index contributed by atoms with van der Waals surface area (Å²) in [6.45, 7) is 2.89. The fourth-order valence-corrected chi connectivity index (χ4v) is 2.64. The molecular weight excluding hydrogens is 314 g/mol. The van der Waals surface area contributed by atoms with Crippen LogP contribution in [0.4, 0.5) is 11.5 Å². The van der Waals surface area contributed by atoms with Crippen molar-refractivity contribution in [3.63, 3.8) is 0 Å². The molecule has 0 aromatic carbocycles. The minimum atomic E-state index is -0.459. The number of rotatable bonds is 5. The van der Waals surface area contributed by atoms with Crippen LogP contribution >= 0.6 is 15.9 Å². The summed E-state index contributed by atoms with van der Waals surface area (Å²) in [5.74, 6) is 0.618. The summed E-state index contributed by atoms with van der Waals surface area (Å²) in [6.07, 6.45) is 4.48. The summed E-state index contributed by atoms with van der Waals surface area (Å²) in [6, 6.07) is 1.63. The van der Waals surface area contributed by atoms with Crippen LogP contribution in [0.2, 0.25) is 0 Å². The molecule has 7 heteroatoms. The molecule has 0 saturated carbocycles. The molecule has 1 aromatic rings. The van der Waals surface area contributed by atoms with E-state index in [0.29, 0.717) is 10.3 Å². The van der Waals surface area contributed by atoms with Gasteiger partial charge in [-0.15, -0.1) is 0 Å². The van der Waals surface area contributed by atoms with Crippen LogP contribution in [0.5, 0.6) is 0 Å². The van der Waals surface area contributed by atoms with E-state index in [4.69, 9.17) is 4.74 Å². The second-order valence-electron chi connectivity index (χ2n) is 4.49. The third kappa shape index (κ3) is 3.42. The maximum atomic E-state index is 10.7. The maximum absolute atomic E-state index is 10.7. The minimum absolute atomic E-state index is 0.0254. The lowest BCUT2D eigenvalue weighted by molar-refractivity contribution is -0.385. The van der Waals surface area contributed by atoms with Gasteiger partial charge in [-0.25, -0.2) is 4.98 Å². The fraction of sp³-hybridized carbons (Fsp3) is 0.583. The largest absolute Gasteiger partial charge is 0.376 e. The first-order valence-corrected chi connectivity index (χ1v) is 7.09. The molecule has 1 saturated heterocycles. The standard InChI is InChI=1S/C12H16BrN3O3/c1-2-10(11-4-3-5-19-11)15-12-9(13)6-8(7-14-12)16(17)18/h6-7,10-11H,2-5H2,1H3,(H,14,15). The summed E-state index contributed by atoms with van der Waals surface area (Å²) in [5.41, 5.74) is -0.0254. The van der Waals surface area contributed by atoms with Crippen molar-refractivity contribution in [2.24, 2.45) is 0 Å². The molecule has 2 heterocycles. The Morgan fingerprint density at radius 2 is 2.53 bits per heavy atom. The molecule has 1 aromatic heterocycles. The molecule has 104 valence electrons. The SMILES string of the molecule is CCC(Nc1ncc([N+](=O)[O-])cc1Br)C1CCCO1. The van der Waals surface area contributed by atoms with Gasteiger partial charge in [-0.05, 0) is 35.2 Å². The van der Waals surface area contributed by atoms with Crippen molar-refractivity contribution in [3.8, 4) is 0 Å². The number of anilines is 1. The second kappa shape index (κ2) is 6.29. The van der Waals surface area contributed by atoms with Crippen molar-refractivity contribution < 1.29 is 9.66 Å². The smallest absolute Gasteiger partial charge is 0.288 e. The fourth-order valence-electron chi connectivity index (χ4n) is 2.19. The van der Waals surface area contributed by atoms with E-state index in [9.17, 15) is 10.1 Å². The first kappa shape index (κ1) is 14.2. The lowest BCUT2D eigenvalue weighted by Gasteiger charge is -2.23. The number of ether oxygens (including phenoxy) is 1. The molecule has 0 bridgehead atoms. The third-order valence-electron chi connectivity index (χ3n) is 3.21. The van der Waals surface area contributed by atoms with Crippen LogP contribution < -0.4 is 5.32 Å². The zero-order valence-electron chi connectivity index (χ0n) is 10.6. The molecule has 2 atom stereocenters. The molecule has 0 aliphatic carbocycles. The summed E-state index contributed by atoms with van der Waals surface area (Å²) in [5, 5.41) is 14.0. The van der Waals surface area contributed by atoms with Gasteiger partial charge < -0.3 is 10.1 Å². The highest BCUT2D eigenvalue weighted by molar-refractivity contribution is 9.10. The van der Waals surface area contributed by atoms with Gasteiger partial charge in [0.25, 0.3) is 5.69 Å². The number of halogens is 1. The van der Waals surface area contributed by atoms with Crippen LogP contribution in [0.15, 0.2) is 16.7 Å². The molecule has 19 heavy (non-hydrogen) atoms. The van der Waals surface area contributed by atoms with Crippen LogP contribution in [0.25, 0.3) is 0 Å². The van der Waals surface area contributed by atoms with Gasteiger partial charge in [0.1, 0.15) is 12.0 Å². The molecule has 6 nitrogen and oxygen atoms in total. The number of hydrogen-bond acceptors (Lipinski definition) is 5. The second-order valence-corrected chi connectivity index (χ2v) is 5.35. The average Bonchev–Trinajstić information content (AvgIpc) is 2.91. The van der Waals surface area contributed by atoms with Crippen LogP contribution in [-0.2, 0) is 4.74 Å². The van der Waals surface area contributed by atoms with Crippen molar-refractivity contribution in [2.75, 3.05) is 11.9 Å². The van der Waals surface area contributed by atoms with E-state index < -0.39 is 4.92 Å². The quantitative estimate of drug-likeness (QED) is 0.663. The normalized spacial score (nSPS) is 20.2. The van der Waals surface area contributed by atoms with E-state index >= 15 is 0 Å². The van der Waals surface area contributed by atoms with E-state index in [-0.39, 0.29) is 17.8 Å². The van der Waals surface area contributed by atoms with E-state index in [1.165, 1.54) is 12.3 Å². The minimum Gasteiger partial charge on any atom is -0.376 e. The lowest BCUT2D eigenvalue weighted by atomic mass is 10.1. The Morgan fingerprint density at radius 3 is 3.05 bits per heavy atom. The van der Waals surface area contributed by atoms with E-state index in [1.54, 1.807) is 0 Å². The topological polar surface area (TPSA) is 77.3 Å². The van der Waals surface area contributed by atoms with Gasteiger partial charge in [0.15, 0.2) is 0 Å². The Labute approximate surface area is 119 Å². The Bertz CT molecular complexity index is 464. The van der Waals surface area contributed by atoms with Gasteiger partial charge in [0.2, 0.25) is 0 Å². The average molecular weight is 330 g/mol. The number of aromatic nitrogens is 1. The van der Waals surface area contributed by atoms with Crippen molar-refractivity contribution in [1.29, 1.82) is 0 Å². The highest BCUT2D eigenvalue weighted by Crippen LogP contribution is 2.27. The first-order valence-electron chi connectivity index (χ1n) is 6.30. The van der Waals surface area contributed by atoms with Gasteiger partial charge in [-0.1, -0.05) is 6.92 Å². The van der Waals surface area contributed by atoms with Gasteiger partial charge in [-0.2, -0.15) is 0 Å². The van der Waals surface area contributed by atoms with Crippen LogP contribution in [0.3, 0.4) is 0 Å². The van der Waals surface area contributed by atoms with E-state index in [2.05, 4.69) is 33.2 Å². The zero-order valence-corrected chi connectivity index (χ0v) is 12.2. The number of pyridine rings is 1. The number of hydrogen-bond donors (Lipinski definition) is 1. The highest BCUT2D eigenvalue weighted by Gasteiger charge is 2.25. The highest BCUT2D eigenvalue weighted by atomic mass is 79.9. The molecule has 0 radical (unpaired) electrons. The van der Waals surface area contributed by atoms with E-state index in [0.717, 1.165) is 25.9 Å². The Hall–Kier alpha value is -1.21. The molecule has 1 N–H and O–H groups in total. The monoisotopic (exact) mass is 329 g/mol. The third-order valence-corrected chi connectivity index (χ3v) is 3.82. The number of nitrogens with zero attached hydrogens (tertiary/aromatic N) is 2.